The lowest BCUT2D eigenvalue weighted by atomic mass is 9.97. The van der Waals surface area contributed by atoms with Gasteiger partial charge in [-0.05, 0) is 37.4 Å². The Labute approximate surface area is 140 Å². The number of benzene rings is 2. The summed E-state index contributed by atoms with van der Waals surface area (Å²) in [7, 11) is 6.19. The highest BCUT2D eigenvalue weighted by Crippen LogP contribution is 2.38. The van der Waals surface area contributed by atoms with Crippen molar-refractivity contribution in [3.63, 3.8) is 0 Å². The highest BCUT2D eigenvalue weighted by atomic mass is 35.5. The minimum Gasteiger partial charge on any atom is -0.350 e. The molecule has 0 amide bonds. The first-order valence-electron chi connectivity index (χ1n) is 7.15. The molecule has 0 saturated carbocycles. The molecular weight excluding hydrogens is 315 g/mol. The molecule has 0 aliphatic rings. The van der Waals surface area contributed by atoms with E-state index in [0.29, 0.717) is 10.0 Å². The van der Waals surface area contributed by atoms with Crippen LogP contribution in [-0.2, 0) is 7.05 Å². The minimum absolute atomic E-state index is 0.0531. The minimum atomic E-state index is 0.0531. The summed E-state index contributed by atoms with van der Waals surface area (Å²) in [6, 6.07) is 14.3. The molecule has 0 aliphatic heterocycles. The Bertz CT molecular complexity index is 821. The summed E-state index contributed by atoms with van der Waals surface area (Å²) in [6.07, 6.45) is 2.17. The van der Waals surface area contributed by atoms with E-state index in [1.165, 1.54) is 16.5 Å². The lowest BCUT2D eigenvalue weighted by molar-refractivity contribution is 0.344. The second kappa shape index (κ2) is 5.96. The van der Waals surface area contributed by atoms with Crippen LogP contribution in [0.1, 0.15) is 17.2 Å². The van der Waals surface area contributed by atoms with Crippen molar-refractivity contribution < 1.29 is 0 Å². The van der Waals surface area contributed by atoms with Crippen LogP contribution in [0.2, 0.25) is 10.0 Å². The summed E-state index contributed by atoms with van der Waals surface area (Å²) < 4.78 is 2.15. The fourth-order valence-corrected chi connectivity index (χ4v) is 3.46. The van der Waals surface area contributed by atoms with Crippen LogP contribution in [0.4, 0.5) is 0 Å². The van der Waals surface area contributed by atoms with Crippen molar-refractivity contribution >= 4 is 34.1 Å². The number of fused-ring (bicyclic) bond motifs is 1. The topological polar surface area (TPSA) is 8.17 Å². The average molecular weight is 333 g/mol. The number of rotatable bonds is 3. The molecule has 22 heavy (non-hydrogen) atoms. The van der Waals surface area contributed by atoms with E-state index in [1.807, 2.05) is 18.2 Å². The molecule has 0 fully saturated rings. The van der Waals surface area contributed by atoms with E-state index >= 15 is 0 Å². The van der Waals surface area contributed by atoms with Crippen LogP contribution >= 0.6 is 23.2 Å². The van der Waals surface area contributed by atoms with Crippen LogP contribution < -0.4 is 0 Å². The van der Waals surface area contributed by atoms with E-state index in [-0.39, 0.29) is 6.04 Å². The predicted molar refractivity (Wildman–Crippen MR) is 94.9 cm³/mol. The number of hydrogen-bond donors (Lipinski definition) is 0. The van der Waals surface area contributed by atoms with Crippen molar-refractivity contribution in [2.24, 2.45) is 7.05 Å². The molecule has 1 atom stereocenters. The summed E-state index contributed by atoms with van der Waals surface area (Å²) in [5, 5.41) is 2.45. The number of aromatic nitrogens is 1. The molecule has 4 heteroatoms. The van der Waals surface area contributed by atoms with E-state index in [4.69, 9.17) is 23.2 Å². The van der Waals surface area contributed by atoms with Gasteiger partial charge in [0, 0.05) is 24.1 Å². The van der Waals surface area contributed by atoms with Gasteiger partial charge >= 0.3 is 0 Å². The summed E-state index contributed by atoms with van der Waals surface area (Å²) in [5.41, 5.74) is 3.46. The SMILES string of the molecule is CN(C)C(c1cccc(Cl)c1Cl)c1cn(C)c2ccccc12. The molecule has 3 rings (SSSR count). The fraction of sp³-hybridized carbons (Fsp3) is 0.222. The first-order valence-corrected chi connectivity index (χ1v) is 7.90. The molecule has 1 unspecified atom stereocenters. The maximum Gasteiger partial charge on any atom is 0.0643 e. The van der Waals surface area contributed by atoms with Crippen molar-refractivity contribution in [1.82, 2.24) is 9.47 Å². The number of para-hydroxylation sites is 1. The Morgan fingerprint density at radius 3 is 2.41 bits per heavy atom. The maximum absolute atomic E-state index is 6.47. The Morgan fingerprint density at radius 2 is 1.68 bits per heavy atom. The van der Waals surface area contributed by atoms with Crippen LogP contribution in [0, 0.1) is 0 Å². The number of halogens is 2. The summed E-state index contributed by atoms with van der Waals surface area (Å²) in [5.74, 6) is 0. The molecule has 1 heterocycles. The van der Waals surface area contributed by atoms with E-state index in [9.17, 15) is 0 Å². The largest absolute Gasteiger partial charge is 0.350 e. The maximum atomic E-state index is 6.47. The quantitative estimate of drug-likeness (QED) is 0.645. The highest BCUT2D eigenvalue weighted by Gasteiger charge is 2.23. The van der Waals surface area contributed by atoms with Crippen molar-refractivity contribution in [3.05, 3.63) is 69.8 Å². The Kier molecular flexibility index (Phi) is 4.18. The van der Waals surface area contributed by atoms with E-state index in [2.05, 4.69) is 61.1 Å². The van der Waals surface area contributed by atoms with Gasteiger partial charge in [0.1, 0.15) is 0 Å². The van der Waals surface area contributed by atoms with Gasteiger partial charge in [-0.2, -0.15) is 0 Å². The monoisotopic (exact) mass is 332 g/mol. The van der Waals surface area contributed by atoms with Crippen LogP contribution in [0.5, 0.6) is 0 Å². The van der Waals surface area contributed by atoms with Gasteiger partial charge in [0.05, 0.1) is 16.1 Å². The molecule has 0 radical (unpaired) electrons. The molecule has 0 spiro atoms. The van der Waals surface area contributed by atoms with Gasteiger partial charge in [0.25, 0.3) is 0 Å². The van der Waals surface area contributed by atoms with E-state index < -0.39 is 0 Å². The Morgan fingerprint density at radius 1 is 0.955 bits per heavy atom. The standard InChI is InChI=1S/C18H18Cl2N2/c1-21(2)18(13-8-6-9-15(19)17(13)20)14-11-22(3)16-10-5-4-7-12(14)16/h4-11,18H,1-3H3. The molecule has 2 nitrogen and oxygen atoms in total. The fourth-order valence-electron chi connectivity index (χ4n) is 3.05. The number of aryl methyl sites for hydroxylation is 1. The smallest absolute Gasteiger partial charge is 0.0643 e. The summed E-state index contributed by atoms with van der Waals surface area (Å²) >= 11 is 12.7. The van der Waals surface area contributed by atoms with E-state index in [1.54, 1.807) is 0 Å². The zero-order chi connectivity index (χ0) is 15.9. The van der Waals surface area contributed by atoms with Gasteiger partial charge in [-0.1, -0.05) is 53.5 Å². The Hall–Kier alpha value is -1.48. The van der Waals surface area contributed by atoms with Crippen LogP contribution in [0.3, 0.4) is 0 Å². The Balaban J connectivity index is 2.26. The van der Waals surface area contributed by atoms with Crippen molar-refractivity contribution in [3.8, 4) is 0 Å². The molecule has 0 bridgehead atoms. The number of hydrogen-bond acceptors (Lipinski definition) is 1. The third-order valence-corrected chi connectivity index (χ3v) is 4.85. The summed E-state index contributed by atoms with van der Waals surface area (Å²) in [4.78, 5) is 2.17. The molecular formula is C18H18Cl2N2. The first-order chi connectivity index (χ1) is 10.5. The van der Waals surface area contributed by atoms with Gasteiger partial charge in [-0.15, -0.1) is 0 Å². The third-order valence-electron chi connectivity index (χ3n) is 4.01. The number of nitrogens with zero attached hydrogens (tertiary/aromatic N) is 2. The molecule has 0 N–H and O–H groups in total. The molecule has 3 aromatic rings. The van der Waals surface area contributed by atoms with Crippen LogP contribution in [0.25, 0.3) is 10.9 Å². The van der Waals surface area contributed by atoms with Gasteiger partial charge < -0.3 is 4.57 Å². The van der Waals surface area contributed by atoms with Crippen molar-refractivity contribution in [2.45, 2.75) is 6.04 Å². The van der Waals surface area contributed by atoms with Gasteiger partial charge in [0.15, 0.2) is 0 Å². The molecule has 0 saturated heterocycles. The third kappa shape index (κ3) is 2.52. The molecule has 0 aliphatic carbocycles. The molecule has 1 aromatic heterocycles. The lowest BCUT2D eigenvalue weighted by Crippen LogP contribution is -2.21. The normalized spacial score (nSPS) is 13.0. The lowest BCUT2D eigenvalue weighted by Gasteiger charge is -2.26. The van der Waals surface area contributed by atoms with Crippen LogP contribution in [-0.4, -0.2) is 23.6 Å². The zero-order valence-electron chi connectivity index (χ0n) is 12.8. The van der Waals surface area contributed by atoms with Crippen LogP contribution in [0.15, 0.2) is 48.7 Å². The second-order valence-corrected chi connectivity index (χ2v) is 6.51. The highest BCUT2D eigenvalue weighted by molar-refractivity contribution is 6.42. The molecule has 2 aromatic carbocycles. The summed E-state index contributed by atoms with van der Waals surface area (Å²) in [6.45, 7) is 0. The van der Waals surface area contributed by atoms with E-state index in [0.717, 1.165) is 5.56 Å². The second-order valence-electron chi connectivity index (χ2n) is 5.72. The van der Waals surface area contributed by atoms with Crippen molar-refractivity contribution in [2.75, 3.05) is 14.1 Å². The first kappa shape index (κ1) is 15.4. The average Bonchev–Trinajstić information content (AvgIpc) is 2.81. The van der Waals surface area contributed by atoms with Crippen molar-refractivity contribution in [1.29, 1.82) is 0 Å². The van der Waals surface area contributed by atoms with Gasteiger partial charge in [0.2, 0.25) is 0 Å². The zero-order valence-corrected chi connectivity index (χ0v) is 14.4. The molecule has 114 valence electrons. The predicted octanol–water partition coefficient (Wildman–Crippen LogP) is 5.14. The van der Waals surface area contributed by atoms with Gasteiger partial charge in [-0.3, -0.25) is 4.90 Å². The van der Waals surface area contributed by atoms with Gasteiger partial charge in [-0.25, -0.2) is 0 Å².